The average molecular weight is 335 g/mol. The van der Waals surface area contributed by atoms with Crippen LogP contribution in [0, 0.1) is 0 Å². The lowest BCUT2D eigenvalue weighted by atomic mass is 10.1. The summed E-state index contributed by atoms with van der Waals surface area (Å²) in [6.45, 7) is 10.4. The Hall–Kier alpha value is -2.50. The van der Waals surface area contributed by atoms with Crippen LogP contribution >= 0.6 is 0 Å². The molecule has 0 saturated carbocycles. The van der Waals surface area contributed by atoms with Gasteiger partial charge in [0.1, 0.15) is 11.6 Å². The van der Waals surface area contributed by atoms with E-state index in [2.05, 4.69) is 11.9 Å². The zero-order chi connectivity index (χ0) is 18.3. The molecule has 0 heterocycles. The van der Waals surface area contributed by atoms with Crippen LogP contribution in [0.5, 0.6) is 11.5 Å². The van der Waals surface area contributed by atoms with Crippen molar-refractivity contribution in [3.8, 4) is 11.5 Å². The van der Waals surface area contributed by atoms with E-state index in [0.717, 1.165) is 5.56 Å². The number of hydrogen-bond acceptors (Lipinski definition) is 5. The molecule has 0 aromatic heterocycles. The summed E-state index contributed by atoms with van der Waals surface area (Å²) in [7, 11) is 1.49. The molecule has 0 spiro atoms. The predicted octanol–water partition coefficient (Wildman–Crippen LogP) is 3.24. The van der Waals surface area contributed by atoms with Gasteiger partial charge in [0, 0.05) is 0 Å². The Balaban J connectivity index is 2.73. The van der Waals surface area contributed by atoms with E-state index < -0.39 is 23.7 Å². The first kappa shape index (κ1) is 19.5. The maximum Gasteiger partial charge on any atom is 0.408 e. The quantitative estimate of drug-likeness (QED) is 0.491. The smallest absolute Gasteiger partial charge is 0.408 e. The van der Waals surface area contributed by atoms with Crippen molar-refractivity contribution < 1.29 is 23.8 Å². The zero-order valence-corrected chi connectivity index (χ0v) is 14.8. The van der Waals surface area contributed by atoms with Crippen molar-refractivity contribution in [2.24, 2.45) is 0 Å². The molecule has 1 N–H and O–H groups in total. The summed E-state index contributed by atoms with van der Waals surface area (Å²) in [4.78, 5) is 23.8. The molecule has 132 valence electrons. The van der Waals surface area contributed by atoms with Crippen molar-refractivity contribution in [2.45, 2.75) is 45.8 Å². The summed E-state index contributed by atoms with van der Waals surface area (Å²) in [5.41, 5.74) is 0.347. The van der Waals surface area contributed by atoms with E-state index in [-0.39, 0.29) is 5.75 Å². The van der Waals surface area contributed by atoms with Crippen LogP contribution in [0.2, 0.25) is 0 Å². The average Bonchev–Trinajstić information content (AvgIpc) is 2.46. The maximum atomic E-state index is 12.1. The molecule has 0 bridgehead atoms. The first-order chi connectivity index (χ1) is 11.2. The van der Waals surface area contributed by atoms with Gasteiger partial charge in [-0.1, -0.05) is 12.1 Å². The van der Waals surface area contributed by atoms with Gasteiger partial charge in [-0.05, 0) is 51.8 Å². The fourth-order valence-corrected chi connectivity index (χ4v) is 1.83. The summed E-state index contributed by atoms with van der Waals surface area (Å²) in [5, 5.41) is 2.44. The van der Waals surface area contributed by atoms with E-state index in [9.17, 15) is 9.59 Å². The third kappa shape index (κ3) is 6.32. The van der Waals surface area contributed by atoms with Crippen molar-refractivity contribution in [3.63, 3.8) is 0 Å². The third-order valence-electron chi connectivity index (χ3n) is 2.91. The first-order valence-corrected chi connectivity index (χ1v) is 7.65. The lowest BCUT2D eigenvalue weighted by molar-refractivity contribution is -0.136. The van der Waals surface area contributed by atoms with Crippen LogP contribution < -0.4 is 14.8 Å². The Morgan fingerprint density at radius 1 is 1.29 bits per heavy atom. The number of hydrogen-bond donors (Lipinski definition) is 1. The predicted molar refractivity (Wildman–Crippen MR) is 91.4 cm³/mol. The molecule has 0 radical (unpaired) electrons. The standard InChI is InChI=1S/C18H25NO5/c1-7-8-13-9-10-14(15(11-13)22-6)23-16(20)12(2)19-17(21)24-18(3,4)5/h7,9-12H,1,8H2,2-6H3,(H,19,21). The van der Waals surface area contributed by atoms with Gasteiger partial charge in [0.2, 0.25) is 0 Å². The van der Waals surface area contributed by atoms with Crippen LogP contribution in [-0.4, -0.2) is 30.8 Å². The van der Waals surface area contributed by atoms with Crippen LogP contribution in [0.4, 0.5) is 4.79 Å². The molecule has 1 aromatic rings. The normalized spacial score (nSPS) is 12.0. The molecule has 1 atom stereocenters. The second-order valence-electron chi connectivity index (χ2n) is 6.27. The number of ether oxygens (including phenoxy) is 3. The van der Waals surface area contributed by atoms with Gasteiger partial charge in [0.15, 0.2) is 11.5 Å². The molecule has 1 amide bonds. The minimum atomic E-state index is -0.864. The summed E-state index contributed by atoms with van der Waals surface area (Å²) in [6, 6.07) is 4.38. The number of methoxy groups -OCH3 is 1. The summed E-state index contributed by atoms with van der Waals surface area (Å²) in [5.74, 6) is 0.107. The SMILES string of the molecule is C=CCc1ccc(OC(=O)C(C)NC(=O)OC(C)(C)C)c(OC)c1. The topological polar surface area (TPSA) is 73.9 Å². The Kier molecular flexibility index (Phi) is 6.82. The van der Waals surface area contributed by atoms with Crippen molar-refractivity contribution in [1.82, 2.24) is 5.32 Å². The highest BCUT2D eigenvalue weighted by atomic mass is 16.6. The van der Waals surface area contributed by atoms with Gasteiger partial charge in [0.05, 0.1) is 7.11 Å². The molecule has 0 aliphatic rings. The van der Waals surface area contributed by atoms with Crippen molar-refractivity contribution in [1.29, 1.82) is 0 Å². The molecule has 0 aliphatic carbocycles. The van der Waals surface area contributed by atoms with E-state index in [4.69, 9.17) is 14.2 Å². The largest absolute Gasteiger partial charge is 0.493 e. The molecule has 6 heteroatoms. The second-order valence-corrected chi connectivity index (χ2v) is 6.27. The fraction of sp³-hybridized carbons (Fsp3) is 0.444. The molecule has 0 aliphatic heterocycles. The summed E-state index contributed by atoms with van der Waals surface area (Å²) in [6.07, 6.45) is 1.77. The third-order valence-corrected chi connectivity index (χ3v) is 2.91. The number of allylic oxidation sites excluding steroid dienone is 1. The van der Waals surface area contributed by atoms with Gasteiger partial charge in [-0.3, -0.25) is 0 Å². The second kappa shape index (κ2) is 8.38. The molecule has 0 fully saturated rings. The van der Waals surface area contributed by atoms with Crippen molar-refractivity contribution in [3.05, 3.63) is 36.4 Å². The van der Waals surface area contributed by atoms with Gasteiger partial charge in [-0.15, -0.1) is 6.58 Å². The van der Waals surface area contributed by atoms with Crippen LogP contribution in [0.1, 0.15) is 33.3 Å². The lowest BCUT2D eigenvalue weighted by Gasteiger charge is -2.21. The number of amides is 1. The molecular weight excluding hydrogens is 310 g/mol. The first-order valence-electron chi connectivity index (χ1n) is 7.65. The molecule has 6 nitrogen and oxygen atoms in total. The molecule has 1 unspecified atom stereocenters. The summed E-state index contributed by atoms with van der Waals surface area (Å²) < 4.78 is 15.6. The lowest BCUT2D eigenvalue weighted by Crippen LogP contribution is -2.43. The Bertz CT molecular complexity index is 604. The van der Waals surface area contributed by atoms with E-state index in [1.807, 2.05) is 6.07 Å². The molecule has 0 saturated heterocycles. The minimum Gasteiger partial charge on any atom is -0.493 e. The number of carbonyl (C=O) groups excluding carboxylic acids is 2. The number of esters is 1. The van der Waals surface area contributed by atoms with Crippen LogP contribution in [-0.2, 0) is 16.0 Å². The van der Waals surface area contributed by atoms with Gasteiger partial charge in [0.25, 0.3) is 0 Å². The number of alkyl carbamates (subject to hydrolysis) is 1. The molecule has 1 aromatic carbocycles. The van der Waals surface area contributed by atoms with E-state index >= 15 is 0 Å². The number of carbonyl (C=O) groups is 2. The Morgan fingerprint density at radius 3 is 2.50 bits per heavy atom. The monoisotopic (exact) mass is 335 g/mol. The van der Waals surface area contributed by atoms with E-state index in [1.165, 1.54) is 14.0 Å². The highest BCUT2D eigenvalue weighted by molar-refractivity contribution is 5.83. The molecular formula is C18H25NO5. The van der Waals surface area contributed by atoms with Crippen LogP contribution in [0.15, 0.2) is 30.9 Å². The zero-order valence-electron chi connectivity index (χ0n) is 14.8. The van der Waals surface area contributed by atoms with Gasteiger partial charge in [-0.25, -0.2) is 9.59 Å². The van der Waals surface area contributed by atoms with E-state index in [0.29, 0.717) is 12.2 Å². The number of nitrogens with one attached hydrogen (secondary N) is 1. The maximum absolute atomic E-state index is 12.1. The van der Waals surface area contributed by atoms with Crippen molar-refractivity contribution >= 4 is 12.1 Å². The van der Waals surface area contributed by atoms with Gasteiger partial charge >= 0.3 is 12.1 Å². The number of rotatable bonds is 6. The Morgan fingerprint density at radius 2 is 1.96 bits per heavy atom. The molecule has 24 heavy (non-hydrogen) atoms. The van der Waals surface area contributed by atoms with Crippen LogP contribution in [0.3, 0.4) is 0 Å². The Labute approximate surface area is 142 Å². The molecule has 1 rings (SSSR count). The summed E-state index contributed by atoms with van der Waals surface area (Å²) >= 11 is 0. The van der Waals surface area contributed by atoms with Gasteiger partial charge in [-0.2, -0.15) is 0 Å². The van der Waals surface area contributed by atoms with E-state index in [1.54, 1.807) is 39.0 Å². The number of benzene rings is 1. The van der Waals surface area contributed by atoms with Gasteiger partial charge < -0.3 is 19.5 Å². The highest BCUT2D eigenvalue weighted by Crippen LogP contribution is 2.28. The van der Waals surface area contributed by atoms with Crippen LogP contribution in [0.25, 0.3) is 0 Å². The highest BCUT2D eigenvalue weighted by Gasteiger charge is 2.23. The minimum absolute atomic E-state index is 0.285. The van der Waals surface area contributed by atoms with Crippen molar-refractivity contribution in [2.75, 3.05) is 7.11 Å². The fourth-order valence-electron chi connectivity index (χ4n) is 1.83.